The minimum Gasteiger partial charge on any atom is -0.325 e. The Morgan fingerprint density at radius 1 is 1.00 bits per heavy atom. The van der Waals surface area contributed by atoms with Gasteiger partial charge in [-0.3, -0.25) is 33.4 Å². The highest BCUT2D eigenvalue weighted by Gasteiger charge is 2.12. The number of aromatic nitrogens is 5. The van der Waals surface area contributed by atoms with Gasteiger partial charge in [0.15, 0.2) is 0 Å². The van der Waals surface area contributed by atoms with Gasteiger partial charge in [0.25, 0.3) is 16.7 Å². The molecule has 0 saturated carbocycles. The number of benzene rings is 1. The van der Waals surface area contributed by atoms with Crippen molar-refractivity contribution in [3.63, 3.8) is 0 Å². The van der Waals surface area contributed by atoms with Crippen molar-refractivity contribution in [2.45, 2.75) is 13.0 Å². The lowest BCUT2D eigenvalue weighted by Crippen LogP contribution is -2.37. The summed E-state index contributed by atoms with van der Waals surface area (Å²) in [5, 5.41) is 5.81. The normalized spacial score (nSPS) is 11.2. The minimum atomic E-state index is -0.526. The molecular weight excluding hydrogens is 404 g/mol. The molecule has 11 nitrogen and oxygen atoms in total. The number of nitrogens with one attached hydrogen (secondary N) is 2. The van der Waals surface area contributed by atoms with Crippen LogP contribution in [0.3, 0.4) is 0 Å². The van der Waals surface area contributed by atoms with Gasteiger partial charge in [0.1, 0.15) is 5.65 Å². The Kier molecular flexibility index (Phi) is 4.85. The van der Waals surface area contributed by atoms with E-state index in [-0.39, 0.29) is 40.5 Å². The molecule has 4 aromatic rings. The van der Waals surface area contributed by atoms with Crippen LogP contribution in [0.4, 0.5) is 5.69 Å². The van der Waals surface area contributed by atoms with Crippen LogP contribution in [0.15, 0.2) is 55.7 Å². The van der Waals surface area contributed by atoms with Crippen LogP contribution in [-0.2, 0) is 25.4 Å². The minimum absolute atomic E-state index is 0.0397. The fourth-order valence-corrected chi connectivity index (χ4v) is 3.37. The Labute approximate surface area is 173 Å². The Bertz CT molecular complexity index is 1590. The molecule has 0 aliphatic heterocycles. The number of pyridine rings is 1. The molecule has 0 saturated heterocycles. The molecular formula is C20H18N6O5. The second-order valence-electron chi connectivity index (χ2n) is 7.04. The number of aryl methyl sites for hydroxylation is 2. The van der Waals surface area contributed by atoms with Crippen molar-refractivity contribution in [3.8, 4) is 0 Å². The summed E-state index contributed by atoms with van der Waals surface area (Å²) in [6, 6.07) is 7.87. The fourth-order valence-electron chi connectivity index (χ4n) is 3.37. The summed E-state index contributed by atoms with van der Waals surface area (Å²) >= 11 is 0. The lowest BCUT2D eigenvalue weighted by atomic mass is 10.2. The molecule has 3 aromatic heterocycles. The molecule has 0 spiro atoms. The fraction of sp³-hybridized carbons (Fsp3) is 0.200. The summed E-state index contributed by atoms with van der Waals surface area (Å²) in [7, 11) is 2.86. The summed E-state index contributed by atoms with van der Waals surface area (Å²) < 4.78 is 3.29. The zero-order chi connectivity index (χ0) is 22.3. The van der Waals surface area contributed by atoms with Crippen LogP contribution in [-0.4, -0.2) is 29.8 Å². The molecule has 0 aliphatic carbocycles. The maximum absolute atomic E-state index is 12.5. The summed E-state index contributed by atoms with van der Waals surface area (Å²) in [5.74, 6) is -0.441. The van der Waals surface area contributed by atoms with Gasteiger partial charge in [0, 0.05) is 20.5 Å². The van der Waals surface area contributed by atoms with Crippen LogP contribution < -0.4 is 27.7 Å². The number of anilines is 1. The van der Waals surface area contributed by atoms with Gasteiger partial charge < -0.3 is 5.32 Å². The average Bonchev–Trinajstić information content (AvgIpc) is 2.77. The van der Waals surface area contributed by atoms with E-state index < -0.39 is 28.3 Å². The predicted octanol–water partition coefficient (Wildman–Crippen LogP) is -0.336. The van der Waals surface area contributed by atoms with Crippen LogP contribution in [0.5, 0.6) is 0 Å². The highest BCUT2D eigenvalue weighted by atomic mass is 16.2. The van der Waals surface area contributed by atoms with Crippen LogP contribution in [0, 0.1) is 0 Å². The Hall–Kier alpha value is -4.28. The first kappa shape index (κ1) is 20.0. The number of amides is 1. The topological polar surface area (TPSA) is 141 Å². The van der Waals surface area contributed by atoms with Crippen molar-refractivity contribution in [1.29, 1.82) is 0 Å². The summed E-state index contributed by atoms with van der Waals surface area (Å²) in [4.78, 5) is 65.5. The van der Waals surface area contributed by atoms with Crippen molar-refractivity contribution >= 4 is 33.4 Å². The standard InChI is InChI=1S/C20H18N6O5/c1-24-16-14(18(29)25(2)20(24)31)9-11(10-21-16)22-15(27)7-8-26-19(30)13-6-4-3-5-12(13)17(28)23-26/h3-6,9-10H,7-8H2,1-2H3,(H,22,27)(H,23,28). The van der Waals surface area contributed by atoms with Gasteiger partial charge in [-0.15, -0.1) is 0 Å². The van der Waals surface area contributed by atoms with Gasteiger partial charge in [0.2, 0.25) is 5.91 Å². The maximum atomic E-state index is 12.5. The van der Waals surface area contributed by atoms with Crippen molar-refractivity contribution < 1.29 is 4.79 Å². The monoisotopic (exact) mass is 422 g/mol. The molecule has 0 aliphatic rings. The third-order valence-corrected chi connectivity index (χ3v) is 5.02. The lowest BCUT2D eigenvalue weighted by molar-refractivity contribution is -0.116. The Morgan fingerprint density at radius 3 is 2.45 bits per heavy atom. The van der Waals surface area contributed by atoms with E-state index in [0.29, 0.717) is 0 Å². The van der Waals surface area contributed by atoms with Gasteiger partial charge >= 0.3 is 5.69 Å². The van der Waals surface area contributed by atoms with Gasteiger partial charge in [-0.05, 0) is 18.2 Å². The molecule has 11 heteroatoms. The number of fused-ring (bicyclic) bond motifs is 2. The van der Waals surface area contributed by atoms with E-state index in [1.807, 2.05) is 0 Å². The number of rotatable bonds is 4. The molecule has 3 heterocycles. The van der Waals surface area contributed by atoms with E-state index in [1.165, 1.54) is 30.9 Å². The van der Waals surface area contributed by atoms with Gasteiger partial charge in [-0.25, -0.2) is 14.5 Å². The molecule has 4 rings (SSSR count). The highest BCUT2D eigenvalue weighted by Crippen LogP contribution is 2.12. The van der Waals surface area contributed by atoms with E-state index in [1.54, 1.807) is 24.3 Å². The maximum Gasteiger partial charge on any atom is 0.332 e. The van der Waals surface area contributed by atoms with Gasteiger partial charge in [-0.1, -0.05) is 12.1 Å². The summed E-state index contributed by atoms with van der Waals surface area (Å²) in [6.45, 7) is -0.0397. The number of carbonyl (C=O) groups is 1. The molecule has 0 bridgehead atoms. The Balaban J connectivity index is 1.57. The molecule has 0 atom stereocenters. The quantitative estimate of drug-likeness (QED) is 0.461. The van der Waals surface area contributed by atoms with Crippen LogP contribution in [0.25, 0.3) is 21.8 Å². The summed E-state index contributed by atoms with van der Waals surface area (Å²) in [5.41, 5.74) is -1.38. The van der Waals surface area contributed by atoms with Crippen molar-refractivity contribution in [3.05, 3.63) is 78.1 Å². The molecule has 0 unspecified atom stereocenters. The second kappa shape index (κ2) is 7.52. The molecule has 31 heavy (non-hydrogen) atoms. The van der Waals surface area contributed by atoms with E-state index >= 15 is 0 Å². The SMILES string of the molecule is Cn1c(=O)c2cc(NC(=O)CCn3[nH]c(=O)c4ccccc4c3=O)cnc2n(C)c1=O. The first-order valence-corrected chi connectivity index (χ1v) is 9.35. The second-order valence-corrected chi connectivity index (χ2v) is 7.04. The van der Waals surface area contributed by atoms with Crippen LogP contribution in [0.1, 0.15) is 6.42 Å². The zero-order valence-electron chi connectivity index (χ0n) is 16.7. The number of nitrogens with zero attached hydrogens (tertiary/aromatic N) is 4. The first-order chi connectivity index (χ1) is 14.8. The lowest BCUT2D eigenvalue weighted by Gasteiger charge is -2.10. The van der Waals surface area contributed by atoms with E-state index in [4.69, 9.17) is 0 Å². The van der Waals surface area contributed by atoms with E-state index in [9.17, 15) is 24.0 Å². The van der Waals surface area contributed by atoms with E-state index in [0.717, 1.165) is 9.25 Å². The smallest absolute Gasteiger partial charge is 0.325 e. The van der Waals surface area contributed by atoms with Crippen LogP contribution >= 0.6 is 0 Å². The number of aromatic amines is 1. The number of hydrogen-bond donors (Lipinski definition) is 2. The zero-order valence-corrected chi connectivity index (χ0v) is 16.7. The summed E-state index contributed by atoms with van der Waals surface area (Å²) in [6.07, 6.45) is 1.24. The third kappa shape index (κ3) is 3.45. The molecule has 1 aromatic carbocycles. The number of H-pyrrole nitrogens is 1. The number of carbonyl (C=O) groups excluding carboxylic acids is 1. The van der Waals surface area contributed by atoms with Crippen LogP contribution in [0.2, 0.25) is 0 Å². The Morgan fingerprint density at radius 2 is 1.71 bits per heavy atom. The largest absolute Gasteiger partial charge is 0.332 e. The first-order valence-electron chi connectivity index (χ1n) is 9.35. The average molecular weight is 422 g/mol. The molecule has 2 N–H and O–H groups in total. The highest BCUT2D eigenvalue weighted by molar-refractivity contribution is 5.92. The third-order valence-electron chi connectivity index (χ3n) is 5.02. The van der Waals surface area contributed by atoms with Gasteiger partial charge in [-0.2, -0.15) is 0 Å². The molecule has 158 valence electrons. The van der Waals surface area contributed by atoms with Gasteiger partial charge in [0.05, 0.1) is 34.6 Å². The predicted molar refractivity (Wildman–Crippen MR) is 114 cm³/mol. The van der Waals surface area contributed by atoms with E-state index in [2.05, 4.69) is 15.4 Å². The van der Waals surface area contributed by atoms with Crippen molar-refractivity contribution in [1.82, 2.24) is 23.9 Å². The van der Waals surface area contributed by atoms with Crippen molar-refractivity contribution in [2.75, 3.05) is 5.32 Å². The number of hydrogen-bond acceptors (Lipinski definition) is 6. The molecule has 0 fully saturated rings. The molecule has 1 amide bonds. The van der Waals surface area contributed by atoms with Crippen molar-refractivity contribution in [2.24, 2.45) is 14.1 Å². The molecule has 0 radical (unpaired) electrons.